The SMILES string of the molecule is O=C(O)/C(F)=C\CBr. The molecule has 46 valence electrons. The predicted molar refractivity (Wildman–Crippen MR) is 30.6 cm³/mol. The van der Waals surface area contributed by atoms with E-state index < -0.39 is 11.8 Å². The number of alkyl halides is 1. The Morgan fingerprint density at radius 2 is 2.38 bits per heavy atom. The Kier molecular flexibility index (Phi) is 3.43. The van der Waals surface area contributed by atoms with E-state index in [4.69, 9.17) is 5.11 Å². The summed E-state index contributed by atoms with van der Waals surface area (Å²) in [7, 11) is 0. The van der Waals surface area contributed by atoms with Crippen LogP contribution in [0.25, 0.3) is 0 Å². The fourth-order valence-electron chi connectivity index (χ4n) is 0.155. The molecule has 0 saturated carbocycles. The van der Waals surface area contributed by atoms with Crippen LogP contribution < -0.4 is 0 Å². The second-order valence-electron chi connectivity index (χ2n) is 1.01. The van der Waals surface area contributed by atoms with Crippen molar-refractivity contribution in [3.8, 4) is 0 Å². The maximum atomic E-state index is 11.8. The third-order valence-corrected chi connectivity index (χ3v) is 0.784. The first-order valence-electron chi connectivity index (χ1n) is 1.83. The Labute approximate surface area is 54.1 Å². The van der Waals surface area contributed by atoms with Gasteiger partial charge < -0.3 is 5.11 Å². The average molecular weight is 183 g/mol. The van der Waals surface area contributed by atoms with Crippen molar-refractivity contribution in [2.24, 2.45) is 0 Å². The molecule has 0 aromatic carbocycles. The van der Waals surface area contributed by atoms with E-state index >= 15 is 0 Å². The molecule has 0 bridgehead atoms. The number of aliphatic carboxylic acids is 1. The molecule has 0 radical (unpaired) electrons. The van der Waals surface area contributed by atoms with Gasteiger partial charge in [-0.2, -0.15) is 4.39 Å². The van der Waals surface area contributed by atoms with Gasteiger partial charge in [0.25, 0.3) is 0 Å². The summed E-state index contributed by atoms with van der Waals surface area (Å²) in [5, 5.41) is 8.08. The summed E-state index contributed by atoms with van der Waals surface area (Å²) in [4.78, 5) is 9.63. The Balaban J connectivity index is 3.80. The summed E-state index contributed by atoms with van der Waals surface area (Å²) in [6, 6.07) is 0. The number of hydrogen-bond acceptors (Lipinski definition) is 1. The van der Waals surface area contributed by atoms with E-state index in [2.05, 4.69) is 15.9 Å². The maximum Gasteiger partial charge on any atom is 0.364 e. The lowest BCUT2D eigenvalue weighted by molar-refractivity contribution is -0.134. The quantitative estimate of drug-likeness (QED) is 0.517. The van der Waals surface area contributed by atoms with E-state index in [0.29, 0.717) is 0 Å². The molecule has 0 atom stereocenters. The van der Waals surface area contributed by atoms with Crippen LogP contribution in [0.5, 0.6) is 0 Å². The monoisotopic (exact) mass is 182 g/mol. The van der Waals surface area contributed by atoms with Crippen molar-refractivity contribution in [2.45, 2.75) is 0 Å². The van der Waals surface area contributed by atoms with E-state index in [9.17, 15) is 9.18 Å². The highest BCUT2D eigenvalue weighted by Crippen LogP contribution is 1.96. The van der Waals surface area contributed by atoms with Gasteiger partial charge in [-0.3, -0.25) is 0 Å². The molecule has 0 aromatic rings. The lowest BCUT2D eigenvalue weighted by Gasteiger charge is -1.81. The van der Waals surface area contributed by atoms with Crippen molar-refractivity contribution in [3.05, 3.63) is 11.9 Å². The predicted octanol–water partition coefficient (Wildman–Crippen LogP) is 1.32. The van der Waals surface area contributed by atoms with E-state index in [1.165, 1.54) is 0 Å². The third kappa shape index (κ3) is 2.74. The molecule has 0 aliphatic rings. The van der Waals surface area contributed by atoms with Crippen molar-refractivity contribution in [1.29, 1.82) is 0 Å². The van der Waals surface area contributed by atoms with Crippen LogP contribution in [-0.2, 0) is 4.79 Å². The lowest BCUT2D eigenvalue weighted by atomic mass is 10.5. The zero-order chi connectivity index (χ0) is 6.57. The van der Waals surface area contributed by atoms with Crippen molar-refractivity contribution < 1.29 is 14.3 Å². The van der Waals surface area contributed by atoms with Crippen LogP contribution in [0.3, 0.4) is 0 Å². The third-order valence-electron chi connectivity index (χ3n) is 0.461. The average Bonchev–Trinajstić information content (AvgIpc) is 1.67. The number of carbonyl (C=O) groups is 1. The summed E-state index contributed by atoms with van der Waals surface area (Å²) in [5.74, 6) is -2.65. The van der Waals surface area contributed by atoms with Crippen LogP contribution in [-0.4, -0.2) is 16.4 Å². The number of carboxylic acids is 1. The van der Waals surface area contributed by atoms with Gasteiger partial charge in [0.05, 0.1) is 0 Å². The molecule has 0 aliphatic heterocycles. The first kappa shape index (κ1) is 7.62. The molecular formula is C4H4BrFO2. The first-order valence-corrected chi connectivity index (χ1v) is 2.95. The van der Waals surface area contributed by atoms with Crippen molar-refractivity contribution in [2.75, 3.05) is 5.33 Å². The minimum Gasteiger partial charge on any atom is -0.476 e. The van der Waals surface area contributed by atoms with Crippen molar-refractivity contribution in [1.82, 2.24) is 0 Å². The highest BCUT2D eigenvalue weighted by atomic mass is 79.9. The lowest BCUT2D eigenvalue weighted by Crippen LogP contribution is -1.93. The summed E-state index contributed by atoms with van der Waals surface area (Å²) in [5.41, 5.74) is 0. The molecule has 0 aromatic heterocycles. The van der Waals surface area contributed by atoms with Crippen LogP contribution >= 0.6 is 15.9 Å². The minimum atomic E-state index is -1.52. The number of hydrogen-bond donors (Lipinski definition) is 1. The van der Waals surface area contributed by atoms with Gasteiger partial charge in [0.15, 0.2) is 0 Å². The van der Waals surface area contributed by atoms with E-state index in [0.717, 1.165) is 6.08 Å². The Morgan fingerprint density at radius 1 is 1.88 bits per heavy atom. The van der Waals surface area contributed by atoms with Gasteiger partial charge in [-0.05, 0) is 6.08 Å². The molecular weight excluding hydrogens is 179 g/mol. The summed E-state index contributed by atoms with van der Waals surface area (Å²) >= 11 is 2.84. The molecule has 4 heteroatoms. The Morgan fingerprint density at radius 3 is 2.50 bits per heavy atom. The molecule has 0 spiro atoms. The Bertz CT molecular complexity index is 121. The second-order valence-corrected chi connectivity index (χ2v) is 1.66. The van der Waals surface area contributed by atoms with Gasteiger partial charge in [0, 0.05) is 5.33 Å². The van der Waals surface area contributed by atoms with Gasteiger partial charge in [-0.15, -0.1) is 0 Å². The van der Waals surface area contributed by atoms with Gasteiger partial charge in [-0.1, -0.05) is 15.9 Å². The van der Waals surface area contributed by atoms with E-state index in [1.54, 1.807) is 0 Å². The zero-order valence-electron chi connectivity index (χ0n) is 3.90. The molecule has 8 heavy (non-hydrogen) atoms. The number of halogens is 2. The highest BCUT2D eigenvalue weighted by molar-refractivity contribution is 9.09. The smallest absolute Gasteiger partial charge is 0.364 e. The standard InChI is InChI=1S/C4H4BrFO2/c5-2-1-3(6)4(7)8/h1H,2H2,(H,7,8)/b3-1+. The highest BCUT2D eigenvalue weighted by Gasteiger charge is 2.01. The van der Waals surface area contributed by atoms with Gasteiger partial charge >= 0.3 is 5.97 Å². The second kappa shape index (κ2) is 3.60. The molecule has 2 nitrogen and oxygen atoms in total. The minimum absolute atomic E-state index is 0.227. The number of carboxylic acid groups (broad SMARTS) is 1. The maximum absolute atomic E-state index is 11.8. The molecule has 0 heterocycles. The van der Waals surface area contributed by atoms with Gasteiger partial charge in [0.2, 0.25) is 5.83 Å². The summed E-state index contributed by atoms with van der Waals surface area (Å²) < 4.78 is 11.8. The molecule has 1 N–H and O–H groups in total. The summed E-state index contributed by atoms with van der Waals surface area (Å²) in [6.45, 7) is 0. The molecule has 0 rings (SSSR count). The van der Waals surface area contributed by atoms with Crippen molar-refractivity contribution in [3.63, 3.8) is 0 Å². The van der Waals surface area contributed by atoms with Crippen LogP contribution in [0.15, 0.2) is 11.9 Å². The van der Waals surface area contributed by atoms with Gasteiger partial charge in [0.1, 0.15) is 0 Å². The van der Waals surface area contributed by atoms with Crippen LogP contribution in [0.2, 0.25) is 0 Å². The molecule has 0 amide bonds. The molecule has 0 fully saturated rings. The van der Waals surface area contributed by atoms with Crippen LogP contribution in [0.4, 0.5) is 4.39 Å². The fraction of sp³-hybridized carbons (Fsp3) is 0.250. The molecule has 0 unspecified atom stereocenters. The van der Waals surface area contributed by atoms with E-state index in [-0.39, 0.29) is 5.33 Å². The van der Waals surface area contributed by atoms with Gasteiger partial charge in [-0.25, -0.2) is 4.79 Å². The fourth-order valence-corrected chi connectivity index (χ4v) is 0.439. The largest absolute Gasteiger partial charge is 0.476 e. The van der Waals surface area contributed by atoms with E-state index in [1.807, 2.05) is 0 Å². The number of allylic oxidation sites excluding steroid dienone is 1. The zero-order valence-corrected chi connectivity index (χ0v) is 5.48. The molecule has 0 saturated heterocycles. The molecule has 0 aliphatic carbocycles. The first-order chi connectivity index (χ1) is 3.68. The number of rotatable bonds is 2. The normalized spacial score (nSPS) is 11.5. The summed E-state index contributed by atoms with van der Waals surface area (Å²) in [6.07, 6.45) is 0.933. The topological polar surface area (TPSA) is 37.3 Å². The van der Waals surface area contributed by atoms with Crippen molar-refractivity contribution >= 4 is 21.9 Å². The van der Waals surface area contributed by atoms with Crippen LogP contribution in [0.1, 0.15) is 0 Å². The Hall–Kier alpha value is -0.380. The van der Waals surface area contributed by atoms with Crippen LogP contribution in [0, 0.1) is 0 Å².